The maximum atomic E-state index is 13.7. The monoisotopic (exact) mass is 523 g/mol. The Morgan fingerprint density at radius 3 is 2.63 bits per heavy atom. The molecule has 4 aromatic rings. The predicted octanol–water partition coefficient (Wildman–Crippen LogP) is 6.83. The number of aryl methyl sites for hydroxylation is 2. The maximum absolute atomic E-state index is 13.7. The van der Waals surface area contributed by atoms with E-state index in [0.29, 0.717) is 27.2 Å². The molecule has 0 bridgehead atoms. The number of hydrogen-bond donors (Lipinski definition) is 1. The van der Waals surface area contributed by atoms with Gasteiger partial charge in [-0.1, -0.05) is 49.3 Å². The van der Waals surface area contributed by atoms with E-state index < -0.39 is 0 Å². The van der Waals surface area contributed by atoms with Crippen LogP contribution in [0, 0.1) is 0 Å². The Morgan fingerprint density at radius 1 is 1.17 bits per heavy atom. The number of hydrogen-bond acceptors (Lipinski definition) is 5. The Hall–Kier alpha value is -2.61. The summed E-state index contributed by atoms with van der Waals surface area (Å²) in [5, 5.41) is 4.78. The van der Waals surface area contributed by atoms with Crippen molar-refractivity contribution in [1.29, 1.82) is 0 Å². The molecule has 1 aliphatic carbocycles. The summed E-state index contributed by atoms with van der Waals surface area (Å²) in [7, 11) is 0. The van der Waals surface area contributed by atoms with Crippen molar-refractivity contribution < 1.29 is 4.79 Å². The van der Waals surface area contributed by atoms with Gasteiger partial charge in [0.15, 0.2) is 5.16 Å². The number of rotatable bonds is 7. The molecular formula is C27H26ClN3O2S2. The number of fused-ring (bicyclic) bond motifs is 3. The van der Waals surface area contributed by atoms with Gasteiger partial charge in [0.25, 0.3) is 5.56 Å². The van der Waals surface area contributed by atoms with Crippen molar-refractivity contribution in [3.8, 4) is 5.69 Å². The highest BCUT2D eigenvalue weighted by atomic mass is 35.5. The molecule has 1 amide bonds. The van der Waals surface area contributed by atoms with Crippen LogP contribution in [0.4, 0.5) is 5.69 Å². The molecule has 35 heavy (non-hydrogen) atoms. The Morgan fingerprint density at radius 2 is 1.91 bits per heavy atom. The lowest BCUT2D eigenvalue weighted by molar-refractivity contribution is -0.113. The van der Waals surface area contributed by atoms with Crippen molar-refractivity contribution in [1.82, 2.24) is 9.55 Å². The van der Waals surface area contributed by atoms with Gasteiger partial charge in [0.05, 0.1) is 16.8 Å². The number of amides is 1. The number of nitrogens with one attached hydrogen (secondary N) is 1. The first-order valence-corrected chi connectivity index (χ1v) is 14.0. The lowest BCUT2D eigenvalue weighted by Crippen LogP contribution is -2.23. The van der Waals surface area contributed by atoms with Gasteiger partial charge in [-0.2, -0.15) is 0 Å². The van der Waals surface area contributed by atoms with E-state index in [0.717, 1.165) is 41.8 Å². The van der Waals surface area contributed by atoms with Gasteiger partial charge in [0.2, 0.25) is 5.91 Å². The van der Waals surface area contributed by atoms with Crippen LogP contribution in [0.1, 0.15) is 48.6 Å². The third-order valence-electron chi connectivity index (χ3n) is 6.50. The van der Waals surface area contributed by atoms with Gasteiger partial charge in [-0.3, -0.25) is 14.2 Å². The molecule has 0 fully saturated rings. The number of benzene rings is 2. The Balaban J connectivity index is 1.42. The number of nitrogens with zero attached hydrogens (tertiary/aromatic N) is 2. The molecule has 0 radical (unpaired) electrons. The second-order valence-corrected chi connectivity index (χ2v) is 11.3. The average Bonchev–Trinajstić information content (AvgIpc) is 3.45. The van der Waals surface area contributed by atoms with Gasteiger partial charge in [0, 0.05) is 15.6 Å². The summed E-state index contributed by atoms with van der Waals surface area (Å²) in [6.45, 7) is 4.35. The second-order valence-electron chi connectivity index (χ2n) is 8.82. The molecule has 5 nitrogen and oxygen atoms in total. The van der Waals surface area contributed by atoms with Crippen molar-refractivity contribution in [2.75, 3.05) is 11.1 Å². The molecule has 0 aliphatic heterocycles. The van der Waals surface area contributed by atoms with Crippen LogP contribution in [0.15, 0.2) is 58.5 Å². The normalized spacial score (nSPS) is 13.7. The molecule has 0 spiro atoms. The van der Waals surface area contributed by atoms with Gasteiger partial charge >= 0.3 is 0 Å². The van der Waals surface area contributed by atoms with Crippen LogP contribution >= 0.6 is 34.7 Å². The van der Waals surface area contributed by atoms with E-state index >= 15 is 0 Å². The number of halogens is 1. The highest BCUT2D eigenvalue weighted by molar-refractivity contribution is 7.99. The Kier molecular flexibility index (Phi) is 7.00. The van der Waals surface area contributed by atoms with E-state index in [1.165, 1.54) is 22.2 Å². The highest BCUT2D eigenvalue weighted by Crippen LogP contribution is 2.36. The van der Waals surface area contributed by atoms with Gasteiger partial charge in [-0.25, -0.2) is 4.98 Å². The van der Waals surface area contributed by atoms with E-state index in [1.54, 1.807) is 28.0 Å². The molecule has 180 valence electrons. The SMILES string of the molecule is CCC(C)c1ccc(NC(=O)CSc2nc3sc4c(c3c(=O)n2-c2ccc(Cl)cc2)CCC4)cc1. The first kappa shape index (κ1) is 24.1. The smallest absolute Gasteiger partial charge is 0.267 e. The first-order chi connectivity index (χ1) is 16.9. The number of carbonyl (C=O) groups excluding carboxylic acids is 1. The predicted molar refractivity (Wildman–Crippen MR) is 147 cm³/mol. The zero-order chi connectivity index (χ0) is 24.5. The Bertz CT molecular complexity index is 1440. The zero-order valence-electron chi connectivity index (χ0n) is 19.6. The highest BCUT2D eigenvalue weighted by Gasteiger charge is 2.24. The summed E-state index contributed by atoms with van der Waals surface area (Å²) in [6.07, 6.45) is 4.06. The molecule has 0 saturated heterocycles. The van der Waals surface area contributed by atoms with E-state index in [2.05, 4.69) is 31.3 Å². The first-order valence-electron chi connectivity index (χ1n) is 11.8. The summed E-state index contributed by atoms with van der Waals surface area (Å²) in [5.74, 6) is 0.487. The molecule has 5 rings (SSSR count). The molecule has 0 saturated carbocycles. The molecular weight excluding hydrogens is 498 g/mol. The molecule has 1 atom stereocenters. The minimum atomic E-state index is -0.142. The van der Waals surface area contributed by atoms with Crippen molar-refractivity contribution in [2.45, 2.75) is 50.6 Å². The summed E-state index contributed by atoms with van der Waals surface area (Å²) in [4.78, 5) is 33.3. The van der Waals surface area contributed by atoms with Gasteiger partial charge in [-0.05, 0) is 79.1 Å². The fourth-order valence-corrected chi connectivity index (χ4v) is 6.64. The molecule has 2 aromatic carbocycles. The molecule has 1 aliphatic rings. The topological polar surface area (TPSA) is 64.0 Å². The quantitative estimate of drug-likeness (QED) is 0.213. The number of anilines is 1. The van der Waals surface area contributed by atoms with Crippen LogP contribution in [0.5, 0.6) is 0 Å². The van der Waals surface area contributed by atoms with Crippen LogP contribution in [0.2, 0.25) is 5.02 Å². The minimum absolute atomic E-state index is 0.0831. The lowest BCUT2D eigenvalue weighted by Gasteiger charge is -2.13. The molecule has 1 N–H and O–H groups in total. The minimum Gasteiger partial charge on any atom is -0.325 e. The standard InChI is InChI=1S/C27H26ClN3O2S2/c1-3-16(2)17-7-11-19(12-8-17)29-23(32)15-34-27-30-25-24(21-5-4-6-22(21)35-25)26(33)31(27)20-13-9-18(28)10-14-20/h7-14,16H,3-6,15H2,1-2H3,(H,29,32). The van der Waals surface area contributed by atoms with Crippen LogP contribution in [0.25, 0.3) is 15.9 Å². The summed E-state index contributed by atoms with van der Waals surface area (Å²) >= 11 is 8.96. The molecule has 8 heteroatoms. The maximum Gasteiger partial charge on any atom is 0.267 e. The molecule has 1 unspecified atom stereocenters. The summed E-state index contributed by atoms with van der Waals surface area (Å²) in [5.41, 5.74) is 3.76. The fourth-order valence-electron chi connectivity index (χ4n) is 4.40. The van der Waals surface area contributed by atoms with Crippen molar-refractivity contribution in [2.24, 2.45) is 0 Å². The largest absolute Gasteiger partial charge is 0.325 e. The third kappa shape index (κ3) is 4.90. The van der Waals surface area contributed by atoms with Gasteiger partial charge < -0.3 is 5.32 Å². The van der Waals surface area contributed by atoms with Crippen molar-refractivity contribution in [3.63, 3.8) is 0 Å². The number of thioether (sulfide) groups is 1. The molecule has 2 aromatic heterocycles. The van der Waals surface area contributed by atoms with Gasteiger partial charge in [-0.15, -0.1) is 11.3 Å². The van der Waals surface area contributed by atoms with Crippen LogP contribution in [-0.2, 0) is 17.6 Å². The van der Waals surface area contributed by atoms with E-state index in [1.807, 2.05) is 24.3 Å². The summed E-state index contributed by atoms with van der Waals surface area (Å²) < 4.78 is 1.61. The zero-order valence-corrected chi connectivity index (χ0v) is 22.0. The van der Waals surface area contributed by atoms with Gasteiger partial charge in [0.1, 0.15) is 4.83 Å². The van der Waals surface area contributed by atoms with Crippen molar-refractivity contribution in [3.05, 3.63) is 79.9 Å². The Labute approximate surface area is 217 Å². The fraction of sp³-hybridized carbons (Fsp3) is 0.296. The van der Waals surface area contributed by atoms with E-state index in [4.69, 9.17) is 16.6 Å². The van der Waals surface area contributed by atoms with Crippen LogP contribution < -0.4 is 10.9 Å². The third-order valence-corrected chi connectivity index (χ3v) is 8.88. The van der Waals surface area contributed by atoms with E-state index in [-0.39, 0.29) is 17.2 Å². The lowest BCUT2D eigenvalue weighted by atomic mass is 9.99. The number of thiophene rings is 1. The molecule has 2 heterocycles. The number of carbonyl (C=O) groups is 1. The second kappa shape index (κ2) is 10.2. The van der Waals surface area contributed by atoms with Crippen molar-refractivity contribution >= 4 is 56.5 Å². The van der Waals surface area contributed by atoms with Crippen LogP contribution in [0.3, 0.4) is 0 Å². The van der Waals surface area contributed by atoms with E-state index in [9.17, 15) is 9.59 Å². The summed E-state index contributed by atoms with van der Waals surface area (Å²) in [6, 6.07) is 15.1. The van der Waals surface area contributed by atoms with Crippen LogP contribution in [-0.4, -0.2) is 21.2 Å². The average molecular weight is 524 g/mol. The number of aromatic nitrogens is 2.